The molecule has 7 nitrogen and oxygen atoms in total. The third kappa shape index (κ3) is 5.00. The molecule has 146 valence electrons. The van der Waals surface area contributed by atoms with Gasteiger partial charge in [-0.2, -0.15) is 0 Å². The standard InChI is InChI=1S/C19H20N4O3S2/c1-2-3-10-21-28(25,26)16-8-4-7-15(11-16)22-18(24)17-13-27-19(23-17)14-6-5-9-20-12-14/h4-9,11-13,21H,2-3,10H2,1H3,(H,22,24). The highest BCUT2D eigenvalue weighted by Crippen LogP contribution is 2.23. The van der Waals surface area contributed by atoms with Crippen LogP contribution in [0.2, 0.25) is 0 Å². The molecule has 3 rings (SSSR count). The topological polar surface area (TPSA) is 101 Å². The Morgan fingerprint density at radius 1 is 1.21 bits per heavy atom. The molecule has 2 N–H and O–H groups in total. The number of hydrogen-bond acceptors (Lipinski definition) is 6. The van der Waals surface area contributed by atoms with Crippen LogP contribution in [0.25, 0.3) is 10.6 Å². The smallest absolute Gasteiger partial charge is 0.275 e. The largest absolute Gasteiger partial charge is 0.321 e. The number of amides is 1. The summed E-state index contributed by atoms with van der Waals surface area (Å²) in [6, 6.07) is 9.82. The van der Waals surface area contributed by atoms with Gasteiger partial charge < -0.3 is 5.32 Å². The van der Waals surface area contributed by atoms with Crippen LogP contribution in [0.3, 0.4) is 0 Å². The Labute approximate surface area is 167 Å². The van der Waals surface area contributed by atoms with Crippen molar-refractivity contribution in [3.63, 3.8) is 0 Å². The highest BCUT2D eigenvalue weighted by molar-refractivity contribution is 7.89. The lowest BCUT2D eigenvalue weighted by atomic mass is 10.3. The minimum absolute atomic E-state index is 0.107. The first-order valence-electron chi connectivity index (χ1n) is 8.76. The van der Waals surface area contributed by atoms with Gasteiger partial charge in [-0.25, -0.2) is 18.1 Å². The maximum Gasteiger partial charge on any atom is 0.275 e. The van der Waals surface area contributed by atoms with Gasteiger partial charge in [0.15, 0.2) is 0 Å². The van der Waals surface area contributed by atoms with E-state index >= 15 is 0 Å². The van der Waals surface area contributed by atoms with Gasteiger partial charge in [-0.3, -0.25) is 9.78 Å². The van der Waals surface area contributed by atoms with Crippen molar-refractivity contribution in [2.75, 3.05) is 11.9 Å². The molecule has 2 heterocycles. The highest BCUT2D eigenvalue weighted by Gasteiger charge is 2.16. The van der Waals surface area contributed by atoms with E-state index < -0.39 is 15.9 Å². The Balaban J connectivity index is 1.72. The Kier molecular flexibility index (Phi) is 6.50. The van der Waals surface area contributed by atoms with Crippen LogP contribution in [0.5, 0.6) is 0 Å². The number of anilines is 1. The van der Waals surface area contributed by atoms with E-state index in [4.69, 9.17) is 0 Å². The summed E-state index contributed by atoms with van der Waals surface area (Å²) in [5.41, 5.74) is 1.48. The second-order valence-electron chi connectivity index (χ2n) is 6.01. The number of benzene rings is 1. The molecular weight excluding hydrogens is 396 g/mol. The Bertz CT molecular complexity index is 1050. The number of aromatic nitrogens is 2. The molecule has 1 aromatic carbocycles. The molecule has 0 saturated heterocycles. The van der Waals surface area contributed by atoms with Gasteiger partial charge in [-0.15, -0.1) is 11.3 Å². The summed E-state index contributed by atoms with van der Waals surface area (Å²) < 4.78 is 27.2. The molecule has 0 aliphatic rings. The fraction of sp³-hybridized carbons (Fsp3) is 0.211. The van der Waals surface area contributed by atoms with E-state index in [-0.39, 0.29) is 10.6 Å². The average molecular weight is 417 g/mol. The van der Waals surface area contributed by atoms with Crippen molar-refractivity contribution in [1.82, 2.24) is 14.7 Å². The molecule has 0 atom stereocenters. The monoisotopic (exact) mass is 416 g/mol. The first-order chi connectivity index (χ1) is 13.5. The lowest BCUT2D eigenvalue weighted by Crippen LogP contribution is -2.24. The van der Waals surface area contributed by atoms with Gasteiger partial charge >= 0.3 is 0 Å². The first kappa shape index (κ1) is 20.1. The summed E-state index contributed by atoms with van der Waals surface area (Å²) in [7, 11) is -3.61. The summed E-state index contributed by atoms with van der Waals surface area (Å²) in [5.74, 6) is -0.403. The fourth-order valence-corrected chi connectivity index (χ4v) is 4.31. The van der Waals surface area contributed by atoms with Crippen LogP contribution >= 0.6 is 11.3 Å². The molecule has 0 saturated carbocycles. The molecule has 0 fully saturated rings. The number of sulfonamides is 1. The lowest BCUT2D eigenvalue weighted by Gasteiger charge is -2.08. The van der Waals surface area contributed by atoms with Gasteiger partial charge in [0.2, 0.25) is 10.0 Å². The molecule has 0 unspecified atom stereocenters. The van der Waals surface area contributed by atoms with Crippen LogP contribution in [0.4, 0.5) is 5.69 Å². The summed E-state index contributed by atoms with van der Waals surface area (Å²) in [4.78, 5) is 21.0. The van der Waals surface area contributed by atoms with Gasteiger partial charge in [-0.1, -0.05) is 19.4 Å². The number of thiazole rings is 1. The number of rotatable bonds is 8. The summed E-state index contributed by atoms with van der Waals surface area (Å²) in [6.45, 7) is 2.37. The molecule has 28 heavy (non-hydrogen) atoms. The van der Waals surface area contributed by atoms with Crippen LogP contribution in [-0.2, 0) is 10.0 Å². The van der Waals surface area contributed by atoms with Gasteiger partial charge in [0, 0.05) is 35.6 Å². The summed E-state index contributed by atoms with van der Waals surface area (Å²) in [6.07, 6.45) is 5.01. The summed E-state index contributed by atoms with van der Waals surface area (Å²) >= 11 is 1.34. The summed E-state index contributed by atoms with van der Waals surface area (Å²) in [5, 5.41) is 5.05. The zero-order chi connectivity index (χ0) is 20.0. The zero-order valence-electron chi connectivity index (χ0n) is 15.3. The lowest BCUT2D eigenvalue weighted by molar-refractivity contribution is 0.102. The van der Waals surface area contributed by atoms with Gasteiger partial charge in [-0.05, 0) is 36.8 Å². The molecule has 0 spiro atoms. The molecule has 3 aromatic rings. The third-order valence-electron chi connectivity index (χ3n) is 3.87. The number of pyridine rings is 1. The number of unbranched alkanes of at least 4 members (excludes halogenated alkanes) is 1. The Morgan fingerprint density at radius 2 is 2.07 bits per heavy atom. The van der Waals surface area contributed by atoms with Crippen LogP contribution in [-0.4, -0.2) is 30.8 Å². The predicted molar refractivity (Wildman–Crippen MR) is 110 cm³/mol. The maximum absolute atomic E-state index is 12.5. The van der Waals surface area contributed by atoms with E-state index in [2.05, 4.69) is 20.0 Å². The van der Waals surface area contributed by atoms with Crippen molar-refractivity contribution in [1.29, 1.82) is 0 Å². The number of nitrogens with zero attached hydrogens (tertiary/aromatic N) is 2. The first-order valence-corrected chi connectivity index (χ1v) is 11.1. The predicted octanol–water partition coefficient (Wildman–Crippen LogP) is 3.54. The second-order valence-corrected chi connectivity index (χ2v) is 8.64. The number of nitrogens with one attached hydrogen (secondary N) is 2. The maximum atomic E-state index is 12.5. The van der Waals surface area contributed by atoms with Gasteiger partial charge in [0.25, 0.3) is 5.91 Å². The SMILES string of the molecule is CCCCNS(=O)(=O)c1cccc(NC(=O)c2csc(-c3cccnc3)n2)c1. The molecular formula is C19H20N4O3S2. The molecule has 9 heteroatoms. The molecule has 0 aliphatic heterocycles. The van der Waals surface area contributed by atoms with Crippen molar-refractivity contribution in [2.24, 2.45) is 0 Å². The van der Waals surface area contributed by atoms with E-state index in [0.717, 1.165) is 18.4 Å². The van der Waals surface area contributed by atoms with Crippen molar-refractivity contribution < 1.29 is 13.2 Å². The number of hydrogen-bond donors (Lipinski definition) is 2. The minimum atomic E-state index is -3.61. The number of carbonyl (C=O) groups excluding carboxylic acids is 1. The van der Waals surface area contributed by atoms with Crippen LogP contribution < -0.4 is 10.0 Å². The third-order valence-corrected chi connectivity index (χ3v) is 6.22. The fourth-order valence-electron chi connectivity index (χ4n) is 2.40. The van der Waals surface area contributed by atoms with Crippen LogP contribution in [0.15, 0.2) is 59.1 Å². The Morgan fingerprint density at radius 3 is 2.82 bits per heavy atom. The zero-order valence-corrected chi connectivity index (χ0v) is 16.9. The van der Waals surface area contributed by atoms with E-state index in [1.54, 1.807) is 36.0 Å². The second kappa shape index (κ2) is 9.05. The van der Waals surface area contributed by atoms with Crippen molar-refractivity contribution in [3.8, 4) is 10.6 Å². The molecule has 0 bridgehead atoms. The van der Waals surface area contributed by atoms with E-state index in [9.17, 15) is 13.2 Å². The van der Waals surface area contributed by atoms with Crippen molar-refractivity contribution >= 4 is 33.0 Å². The number of carbonyl (C=O) groups is 1. The van der Waals surface area contributed by atoms with E-state index in [0.29, 0.717) is 17.2 Å². The average Bonchev–Trinajstić information content (AvgIpc) is 3.19. The Hall–Kier alpha value is -2.62. The highest BCUT2D eigenvalue weighted by atomic mass is 32.2. The van der Waals surface area contributed by atoms with Gasteiger partial charge in [0.1, 0.15) is 10.7 Å². The van der Waals surface area contributed by atoms with Crippen molar-refractivity contribution in [3.05, 3.63) is 59.9 Å². The van der Waals surface area contributed by atoms with Crippen LogP contribution in [0, 0.1) is 0 Å². The molecule has 2 aromatic heterocycles. The van der Waals surface area contributed by atoms with Crippen LogP contribution in [0.1, 0.15) is 30.3 Å². The molecule has 0 aliphatic carbocycles. The van der Waals surface area contributed by atoms with E-state index in [1.807, 2.05) is 13.0 Å². The molecule has 0 radical (unpaired) electrons. The van der Waals surface area contributed by atoms with Gasteiger partial charge in [0.05, 0.1) is 4.90 Å². The normalized spacial score (nSPS) is 11.3. The van der Waals surface area contributed by atoms with E-state index in [1.165, 1.54) is 23.5 Å². The molecule has 1 amide bonds. The quantitative estimate of drug-likeness (QED) is 0.547. The minimum Gasteiger partial charge on any atom is -0.321 e. The van der Waals surface area contributed by atoms with Crippen molar-refractivity contribution in [2.45, 2.75) is 24.7 Å².